The molecule has 0 aliphatic carbocycles. The van der Waals surface area contributed by atoms with Gasteiger partial charge in [-0.15, -0.1) is 0 Å². The van der Waals surface area contributed by atoms with E-state index in [2.05, 4.69) is 15.5 Å². The van der Waals surface area contributed by atoms with E-state index < -0.39 is 0 Å². The summed E-state index contributed by atoms with van der Waals surface area (Å²) in [5.41, 5.74) is 8.41. The molecule has 7 nitrogen and oxygen atoms in total. The molecule has 4 N–H and O–H groups in total. The zero-order valence-electron chi connectivity index (χ0n) is 11.5. The second-order valence-corrected chi connectivity index (χ2v) is 4.92. The van der Waals surface area contributed by atoms with Crippen LogP contribution in [0.2, 0.25) is 0 Å². The Bertz CT molecular complexity index is 722. The van der Waals surface area contributed by atoms with Gasteiger partial charge in [-0.2, -0.15) is 5.10 Å². The van der Waals surface area contributed by atoms with Crippen molar-refractivity contribution in [2.45, 2.75) is 13.3 Å². The molecule has 1 aliphatic rings. The van der Waals surface area contributed by atoms with Gasteiger partial charge in [0.1, 0.15) is 11.5 Å². The Balaban J connectivity index is 1.79. The second kappa shape index (κ2) is 4.93. The first-order chi connectivity index (χ1) is 10.0. The number of aromatic amines is 1. The summed E-state index contributed by atoms with van der Waals surface area (Å²) in [5, 5.41) is 9.05. The van der Waals surface area contributed by atoms with Crippen molar-refractivity contribution in [3.63, 3.8) is 0 Å². The molecule has 2 heterocycles. The Morgan fingerprint density at radius 2 is 2.19 bits per heavy atom. The van der Waals surface area contributed by atoms with Crippen molar-refractivity contribution in [3.8, 4) is 0 Å². The van der Waals surface area contributed by atoms with Crippen LogP contribution in [0.15, 0.2) is 24.3 Å². The number of aromatic nitrogens is 2. The van der Waals surface area contributed by atoms with Crippen molar-refractivity contribution in [2.24, 2.45) is 0 Å². The number of rotatable bonds is 2. The number of carbonyl (C=O) groups is 2. The fraction of sp³-hybridized carbons (Fsp3) is 0.214. The lowest BCUT2D eigenvalue weighted by atomic mass is 10.1. The van der Waals surface area contributed by atoms with Gasteiger partial charge in [-0.3, -0.25) is 14.7 Å². The predicted molar refractivity (Wildman–Crippen MR) is 79.1 cm³/mol. The number of fused-ring (bicyclic) bond motifs is 1. The first kappa shape index (κ1) is 13.2. The van der Waals surface area contributed by atoms with E-state index in [9.17, 15) is 9.59 Å². The van der Waals surface area contributed by atoms with Crippen LogP contribution in [-0.4, -0.2) is 28.6 Å². The van der Waals surface area contributed by atoms with Crippen LogP contribution in [0.1, 0.15) is 23.0 Å². The lowest BCUT2D eigenvalue weighted by molar-refractivity contribution is -0.116. The van der Waals surface area contributed by atoms with Gasteiger partial charge >= 0.3 is 0 Å². The summed E-state index contributed by atoms with van der Waals surface area (Å²) in [6.07, 6.45) is 0.787. The molecule has 0 atom stereocenters. The normalized spacial score (nSPS) is 13.1. The van der Waals surface area contributed by atoms with Crippen LogP contribution in [0.5, 0.6) is 0 Å². The van der Waals surface area contributed by atoms with Crippen LogP contribution in [0, 0.1) is 0 Å². The van der Waals surface area contributed by atoms with E-state index in [0.29, 0.717) is 17.9 Å². The van der Waals surface area contributed by atoms with Gasteiger partial charge in [0, 0.05) is 30.9 Å². The molecule has 3 rings (SSSR count). The number of carbonyl (C=O) groups excluding carboxylic acids is 2. The van der Waals surface area contributed by atoms with Gasteiger partial charge < -0.3 is 16.0 Å². The molecule has 0 bridgehead atoms. The van der Waals surface area contributed by atoms with E-state index >= 15 is 0 Å². The van der Waals surface area contributed by atoms with E-state index in [1.165, 1.54) is 6.07 Å². The number of nitrogen functional groups attached to an aromatic ring is 1. The number of nitrogens with zero attached hydrogens (tertiary/aromatic N) is 2. The average Bonchev–Trinajstić information content (AvgIpc) is 3.04. The highest BCUT2D eigenvalue weighted by Gasteiger charge is 2.22. The molecule has 21 heavy (non-hydrogen) atoms. The lowest BCUT2D eigenvalue weighted by Gasteiger charge is -2.15. The van der Waals surface area contributed by atoms with Gasteiger partial charge in [0.15, 0.2) is 0 Å². The lowest BCUT2D eigenvalue weighted by Crippen LogP contribution is -2.25. The fourth-order valence-corrected chi connectivity index (χ4v) is 2.46. The number of nitrogens with one attached hydrogen (secondary N) is 2. The van der Waals surface area contributed by atoms with E-state index in [0.717, 1.165) is 17.7 Å². The van der Waals surface area contributed by atoms with Gasteiger partial charge in [0.25, 0.3) is 5.91 Å². The predicted octanol–water partition coefficient (Wildman–Crippen LogP) is 1.15. The largest absolute Gasteiger partial charge is 0.382 e. The highest BCUT2D eigenvalue weighted by Crippen LogP contribution is 2.30. The Morgan fingerprint density at radius 1 is 1.38 bits per heavy atom. The summed E-state index contributed by atoms with van der Waals surface area (Å²) >= 11 is 0. The van der Waals surface area contributed by atoms with Crippen molar-refractivity contribution in [1.29, 1.82) is 0 Å². The highest BCUT2D eigenvalue weighted by molar-refractivity contribution is 6.03. The van der Waals surface area contributed by atoms with Crippen molar-refractivity contribution < 1.29 is 9.59 Å². The van der Waals surface area contributed by atoms with Crippen molar-refractivity contribution >= 4 is 29.0 Å². The minimum Gasteiger partial charge on any atom is -0.382 e. The number of hydrogen-bond acceptors (Lipinski definition) is 4. The average molecular weight is 285 g/mol. The van der Waals surface area contributed by atoms with Gasteiger partial charge in [-0.1, -0.05) is 0 Å². The smallest absolute Gasteiger partial charge is 0.273 e. The van der Waals surface area contributed by atoms with Crippen LogP contribution < -0.4 is 16.0 Å². The molecular formula is C14H15N5O2. The summed E-state index contributed by atoms with van der Waals surface area (Å²) < 4.78 is 0. The van der Waals surface area contributed by atoms with Gasteiger partial charge in [-0.05, 0) is 30.2 Å². The standard InChI is InChI=1S/C14H15N5O2/c1-8(20)19-5-4-9-6-10(2-3-12(9)19)16-14(21)11-7-13(15)18-17-11/h2-3,6-7H,4-5H2,1H3,(H,16,21)(H3,15,17,18). The minimum absolute atomic E-state index is 0.0264. The Morgan fingerprint density at radius 3 is 2.86 bits per heavy atom. The Labute approximate surface area is 121 Å². The fourth-order valence-electron chi connectivity index (χ4n) is 2.46. The first-order valence-corrected chi connectivity index (χ1v) is 6.58. The third kappa shape index (κ3) is 2.45. The number of H-pyrrole nitrogens is 1. The zero-order chi connectivity index (χ0) is 15.0. The molecule has 1 aromatic heterocycles. The summed E-state index contributed by atoms with van der Waals surface area (Å²) in [5.74, 6) is -0.00903. The highest BCUT2D eigenvalue weighted by atomic mass is 16.2. The van der Waals surface area contributed by atoms with Crippen molar-refractivity contribution in [2.75, 3.05) is 22.5 Å². The molecule has 0 saturated carbocycles. The Hall–Kier alpha value is -2.83. The number of nitrogens with two attached hydrogens (primary N) is 1. The second-order valence-electron chi connectivity index (χ2n) is 4.92. The van der Waals surface area contributed by atoms with Gasteiger partial charge in [0.05, 0.1) is 0 Å². The number of hydrogen-bond donors (Lipinski definition) is 3. The molecule has 2 aromatic rings. The molecule has 0 fully saturated rings. The molecule has 0 unspecified atom stereocenters. The summed E-state index contributed by atoms with van der Waals surface area (Å²) in [4.78, 5) is 25.2. The maximum atomic E-state index is 12.0. The van der Waals surface area contributed by atoms with Gasteiger partial charge in [-0.25, -0.2) is 0 Å². The molecule has 0 radical (unpaired) electrons. The van der Waals surface area contributed by atoms with Crippen molar-refractivity contribution in [1.82, 2.24) is 10.2 Å². The summed E-state index contributed by atoms with van der Waals surface area (Å²) in [6, 6.07) is 6.98. The van der Waals surface area contributed by atoms with Crippen LogP contribution in [0.25, 0.3) is 0 Å². The maximum Gasteiger partial charge on any atom is 0.273 e. The quantitative estimate of drug-likeness (QED) is 0.770. The summed E-state index contributed by atoms with van der Waals surface area (Å²) in [6.45, 7) is 2.23. The monoisotopic (exact) mass is 285 g/mol. The molecular weight excluding hydrogens is 270 g/mol. The third-order valence-corrected chi connectivity index (χ3v) is 3.46. The minimum atomic E-state index is -0.305. The first-order valence-electron chi connectivity index (χ1n) is 6.58. The van der Waals surface area contributed by atoms with Crippen LogP contribution in [0.4, 0.5) is 17.2 Å². The molecule has 1 aromatic carbocycles. The molecule has 2 amide bonds. The molecule has 0 spiro atoms. The number of benzene rings is 1. The van der Waals surface area contributed by atoms with E-state index in [4.69, 9.17) is 5.73 Å². The topological polar surface area (TPSA) is 104 Å². The van der Waals surface area contributed by atoms with E-state index in [1.54, 1.807) is 17.9 Å². The number of anilines is 3. The van der Waals surface area contributed by atoms with Crippen LogP contribution in [-0.2, 0) is 11.2 Å². The molecule has 108 valence electrons. The van der Waals surface area contributed by atoms with Crippen molar-refractivity contribution in [3.05, 3.63) is 35.5 Å². The maximum absolute atomic E-state index is 12.0. The molecule has 1 aliphatic heterocycles. The Kier molecular flexibility index (Phi) is 3.09. The number of amides is 2. The third-order valence-electron chi connectivity index (χ3n) is 3.46. The zero-order valence-corrected chi connectivity index (χ0v) is 11.5. The molecule has 7 heteroatoms. The van der Waals surface area contributed by atoms with Crippen LogP contribution in [0.3, 0.4) is 0 Å². The van der Waals surface area contributed by atoms with E-state index in [1.807, 2.05) is 12.1 Å². The molecule has 0 saturated heterocycles. The SMILES string of the molecule is CC(=O)N1CCc2cc(NC(=O)c3cc(N)n[nH]3)ccc21. The van der Waals surface area contributed by atoms with E-state index in [-0.39, 0.29) is 17.6 Å². The van der Waals surface area contributed by atoms with Crippen LogP contribution >= 0.6 is 0 Å². The van der Waals surface area contributed by atoms with Gasteiger partial charge in [0.2, 0.25) is 5.91 Å². The summed E-state index contributed by atoms with van der Waals surface area (Å²) in [7, 11) is 0.